The van der Waals surface area contributed by atoms with Crippen molar-refractivity contribution in [2.24, 2.45) is 0 Å². The summed E-state index contributed by atoms with van der Waals surface area (Å²) in [5.74, 6) is -0.0236. The van der Waals surface area contributed by atoms with Crippen molar-refractivity contribution in [1.82, 2.24) is 9.88 Å². The summed E-state index contributed by atoms with van der Waals surface area (Å²) < 4.78 is 0. The molecule has 0 aliphatic rings. The van der Waals surface area contributed by atoms with E-state index in [0.717, 1.165) is 37.3 Å². The van der Waals surface area contributed by atoms with Crippen molar-refractivity contribution < 1.29 is 4.79 Å². The minimum Gasteiger partial charge on any atom is -0.338 e. The van der Waals surface area contributed by atoms with Crippen LogP contribution in [0.2, 0.25) is 0 Å². The molecule has 0 aliphatic heterocycles. The number of aromatic amines is 1. The molecule has 0 radical (unpaired) electrons. The summed E-state index contributed by atoms with van der Waals surface area (Å²) >= 11 is 1.00. The third-order valence-electron chi connectivity index (χ3n) is 2.29. The third-order valence-corrected chi connectivity index (χ3v) is 3.27. The van der Waals surface area contributed by atoms with Crippen molar-refractivity contribution >= 4 is 17.2 Å². The summed E-state index contributed by atoms with van der Waals surface area (Å²) in [6.45, 7) is 7.35. The second-order valence-corrected chi connectivity index (χ2v) is 4.74. The Kier molecular flexibility index (Phi) is 4.73. The first-order valence-corrected chi connectivity index (χ1v) is 6.40. The van der Waals surface area contributed by atoms with Gasteiger partial charge in [-0.25, -0.2) is 0 Å². The lowest BCUT2D eigenvalue weighted by atomic mass is 10.3. The number of rotatable bonds is 5. The second kappa shape index (κ2) is 5.84. The van der Waals surface area contributed by atoms with Crippen LogP contribution in [0, 0.1) is 6.92 Å². The molecular weight excluding hydrogens is 224 g/mol. The monoisotopic (exact) mass is 242 g/mol. The topological polar surface area (TPSA) is 53.2 Å². The molecule has 1 aromatic rings. The fraction of sp³-hybridized carbons (Fsp3) is 0.636. The molecule has 0 bridgehead atoms. The fourth-order valence-electron chi connectivity index (χ4n) is 1.61. The highest BCUT2D eigenvalue weighted by Gasteiger charge is 2.18. The van der Waals surface area contributed by atoms with Crippen LogP contribution >= 0.6 is 11.3 Å². The Morgan fingerprint density at radius 2 is 1.88 bits per heavy atom. The van der Waals surface area contributed by atoms with E-state index < -0.39 is 0 Å². The van der Waals surface area contributed by atoms with Crippen molar-refractivity contribution in [1.29, 1.82) is 0 Å². The number of amides is 1. The van der Waals surface area contributed by atoms with Gasteiger partial charge >= 0.3 is 4.87 Å². The van der Waals surface area contributed by atoms with Gasteiger partial charge in [0, 0.05) is 18.8 Å². The zero-order chi connectivity index (χ0) is 12.1. The van der Waals surface area contributed by atoms with E-state index in [1.807, 2.05) is 18.7 Å². The van der Waals surface area contributed by atoms with Gasteiger partial charge in [-0.3, -0.25) is 9.59 Å². The predicted molar refractivity (Wildman–Crippen MR) is 66.2 cm³/mol. The van der Waals surface area contributed by atoms with Crippen molar-refractivity contribution in [2.75, 3.05) is 13.1 Å². The smallest absolute Gasteiger partial charge is 0.305 e. The first-order chi connectivity index (χ1) is 7.60. The molecule has 5 heteroatoms. The van der Waals surface area contributed by atoms with Gasteiger partial charge in [-0.2, -0.15) is 0 Å². The number of nitrogens with one attached hydrogen (secondary N) is 1. The Morgan fingerprint density at radius 1 is 1.31 bits per heavy atom. The third kappa shape index (κ3) is 2.95. The maximum absolute atomic E-state index is 12.1. The molecule has 0 fully saturated rings. The minimum absolute atomic E-state index is 0.0236. The van der Waals surface area contributed by atoms with Crippen LogP contribution in [0.5, 0.6) is 0 Å². The molecule has 0 saturated heterocycles. The minimum atomic E-state index is -0.159. The molecule has 0 aliphatic carbocycles. The highest BCUT2D eigenvalue weighted by atomic mass is 32.1. The van der Waals surface area contributed by atoms with Crippen molar-refractivity contribution in [3.63, 3.8) is 0 Å². The normalized spacial score (nSPS) is 10.4. The number of H-pyrrole nitrogens is 1. The molecule has 0 atom stereocenters. The summed E-state index contributed by atoms with van der Waals surface area (Å²) in [5.41, 5.74) is 0.678. The van der Waals surface area contributed by atoms with Crippen molar-refractivity contribution in [3.8, 4) is 0 Å². The summed E-state index contributed by atoms with van der Waals surface area (Å²) in [7, 11) is 0. The van der Waals surface area contributed by atoms with E-state index in [1.165, 1.54) is 0 Å². The largest absolute Gasteiger partial charge is 0.338 e. The van der Waals surface area contributed by atoms with Crippen LogP contribution in [-0.4, -0.2) is 28.9 Å². The molecule has 90 valence electrons. The number of aromatic nitrogens is 1. The van der Waals surface area contributed by atoms with Gasteiger partial charge in [0.2, 0.25) is 0 Å². The molecule has 4 nitrogen and oxygen atoms in total. The molecule has 16 heavy (non-hydrogen) atoms. The molecule has 0 saturated carbocycles. The summed E-state index contributed by atoms with van der Waals surface area (Å²) in [6, 6.07) is 0. The average molecular weight is 242 g/mol. The number of nitrogens with zero attached hydrogens (tertiary/aromatic N) is 1. The van der Waals surface area contributed by atoms with Crippen molar-refractivity contribution in [3.05, 3.63) is 20.2 Å². The molecule has 0 aromatic carbocycles. The van der Waals surface area contributed by atoms with Crippen LogP contribution in [0.4, 0.5) is 0 Å². The fourth-order valence-corrected chi connectivity index (χ4v) is 2.42. The van der Waals surface area contributed by atoms with Gasteiger partial charge < -0.3 is 9.88 Å². The second-order valence-electron chi connectivity index (χ2n) is 3.76. The summed E-state index contributed by atoms with van der Waals surface area (Å²) in [5, 5.41) is 0. The SMILES string of the molecule is CCCN(CCC)C(=O)c1sc(=O)[nH]c1C. The van der Waals surface area contributed by atoms with E-state index >= 15 is 0 Å². The summed E-state index contributed by atoms with van der Waals surface area (Å²) in [6.07, 6.45) is 1.87. The molecular formula is C11H18N2O2S. The van der Waals surface area contributed by atoms with Gasteiger partial charge in [0.1, 0.15) is 4.88 Å². The van der Waals surface area contributed by atoms with E-state index in [9.17, 15) is 9.59 Å². The van der Waals surface area contributed by atoms with Crippen LogP contribution in [0.15, 0.2) is 4.79 Å². The molecule has 1 heterocycles. The van der Waals surface area contributed by atoms with E-state index in [4.69, 9.17) is 0 Å². The van der Waals surface area contributed by atoms with Crippen LogP contribution in [0.3, 0.4) is 0 Å². The lowest BCUT2D eigenvalue weighted by molar-refractivity contribution is 0.0759. The van der Waals surface area contributed by atoms with Crippen LogP contribution in [0.1, 0.15) is 42.1 Å². The van der Waals surface area contributed by atoms with Gasteiger partial charge in [-0.15, -0.1) is 0 Å². The van der Waals surface area contributed by atoms with Gasteiger partial charge in [0.25, 0.3) is 5.91 Å². The number of aryl methyl sites for hydroxylation is 1. The van der Waals surface area contributed by atoms with Crippen LogP contribution in [-0.2, 0) is 0 Å². The highest BCUT2D eigenvalue weighted by Crippen LogP contribution is 2.12. The zero-order valence-corrected chi connectivity index (χ0v) is 10.8. The van der Waals surface area contributed by atoms with E-state index in [-0.39, 0.29) is 10.8 Å². The van der Waals surface area contributed by atoms with Gasteiger partial charge in [0.05, 0.1) is 0 Å². The maximum Gasteiger partial charge on any atom is 0.305 e. The van der Waals surface area contributed by atoms with E-state index in [0.29, 0.717) is 10.6 Å². The Bertz CT molecular complexity index is 402. The quantitative estimate of drug-likeness (QED) is 0.858. The molecule has 0 unspecified atom stereocenters. The van der Waals surface area contributed by atoms with E-state index in [2.05, 4.69) is 4.98 Å². The van der Waals surface area contributed by atoms with Crippen molar-refractivity contribution in [2.45, 2.75) is 33.6 Å². The van der Waals surface area contributed by atoms with E-state index in [1.54, 1.807) is 6.92 Å². The van der Waals surface area contributed by atoms with Crippen LogP contribution in [0.25, 0.3) is 0 Å². The zero-order valence-electron chi connectivity index (χ0n) is 10.0. The Labute approximate surface area is 99.3 Å². The molecule has 1 amide bonds. The van der Waals surface area contributed by atoms with Crippen LogP contribution < -0.4 is 4.87 Å². The van der Waals surface area contributed by atoms with Gasteiger partial charge in [0.15, 0.2) is 0 Å². The standard InChI is InChI=1S/C11H18N2O2S/c1-4-6-13(7-5-2)10(14)9-8(3)12-11(15)16-9/h4-7H2,1-3H3,(H,12,15). The Hall–Kier alpha value is -1.10. The first kappa shape index (κ1) is 13.0. The summed E-state index contributed by atoms with van der Waals surface area (Å²) in [4.78, 5) is 28.1. The lowest BCUT2D eigenvalue weighted by Gasteiger charge is -2.20. The maximum atomic E-state index is 12.1. The Balaban J connectivity index is 2.89. The first-order valence-electron chi connectivity index (χ1n) is 5.59. The molecule has 0 spiro atoms. The lowest BCUT2D eigenvalue weighted by Crippen LogP contribution is -2.32. The highest BCUT2D eigenvalue weighted by molar-refractivity contribution is 7.11. The number of hydrogen-bond donors (Lipinski definition) is 1. The molecule has 1 aromatic heterocycles. The predicted octanol–water partition coefficient (Wildman–Crippen LogP) is 2.01. The average Bonchev–Trinajstić information content (AvgIpc) is 2.56. The molecule has 1 N–H and O–H groups in total. The van der Waals surface area contributed by atoms with Gasteiger partial charge in [-0.1, -0.05) is 25.2 Å². The number of thiazole rings is 1. The van der Waals surface area contributed by atoms with Gasteiger partial charge in [-0.05, 0) is 19.8 Å². The number of carbonyl (C=O) groups is 1. The number of hydrogen-bond acceptors (Lipinski definition) is 3. The number of carbonyl (C=O) groups excluding carboxylic acids is 1. The molecule has 1 rings (SSSR count). The Morgan fingerprint density at radius 3 is 2.25 bits per heavy atom.